The van der Waals surface area contributed by atoms with Crippen molar-refractivity contribution in [2.45, 2.75) is 272 Å². The molecule has 542 valence electrons. The van der Waals surface area contributed by atoms with Gasteiger partial charge in [0.25, 0.3) is 0 Å². The lowest BCUT2D eigenvalue weighted by Crippen LogP contribution is -2.51. The standard InChI is InChI=1S/2C28H39N3O2.C21H33BrO2.C8H8N2/c1-17-5-4-6-24-26(17)29-30-31(24)16-25(32)23-10-9-22-21-8-7-18-15-27(2,33)13-11-19(18)20(21)12-14-28(22,23)3;1-17-5-4-6-24-26(17)30-31(29-24)16-25(32)23-10-9-22-21-8-7-18-15-27(2,33)13-11-19(18)20(21)12-14-28(22,23)3;1-20(24)9-7-14-13(11-20)3-4-16-15(14)8-10-21(2)17(16)5-6-18(21)19(23)12-22;1-6-3-2-4-8-7(6)5-9-10-8/h2*4-6,18-23,33H,7-16H2,1-3H3;13-18,24H,3-12H2,1-2H3;2-4H,5H2,1H3/t2*18-,19+,20-,21-,22+,23-,27-,28+;13-,14+,15-,16-,17+,18-,20-,21+;/m111./s1. The molecule has 5 aromatic rings. The molecular formula is C85H119BrN8O6. The van der Waals surface area contributed by atoms with E-state index >= 15 is 0 Å². The van der Waals surface area contributed by atoms with Crippen LogP contribution in [0.3, 0.4) is 0 Å². The molecule has 0 bridgehead atoms. The van der Waals surface area contributed by atoms with Crippen molar-refractivity contribution in [2.24, 2.45) is 133 Å². The summed E-state index contributed by atoms with van der Waals surface area (Å²) in [5.41, 5.74) is 8.70. The van der Waals surface area contributed by atoms with Crippen LogP contribution in [0.2, 0.25) is 0 Å². The second kappa shape index (κ2) is 27.4. The average molecular weight is 1430 g/mol. The lowest BCUT2D eigenvalue weighted by molar-refractivity contribution is -0.133. The molecule has 0 spiro atoms. The summed E-state index contributed by atoms with van der Waals surface area (Å²) in [6, 6.07) is 18.2. The van der Waals surface area contributed by atoms with Gasteiger partial charge in [0.1, 0.15) is 35.4 Å². The third-order valence-electron chi connectivity index (χ3n) is 31.8. The topological polar surface area (TPSA) is 198 Å². The molecule has 24 atom stereocenters. The number of nitrogens with zero attached hydrogens (tertiary/aromatic N) is 8. The maximum absolute atomic E-state index is 13.6. The van der Waals surface area contributed by atoms with Gasteiger partial charge in [-0.2, -0.15) is 25.2 Å². The van der Waals surface area contributed by atoms with Crippen molar-refractivity contribution in [3.8, 4) is 0 Å². The van der Waals surface area contributed by atoms with E-state index in [9.17, 15) is 29.7 Å². The van der Waals surface area contributed by atoms with E-state index in [-0.39, 0.29) is 28.1 Å². The van der Waals surface area contributed by atoms with Crippen LogP contribution in [0.5, 0.6) is 0 Å². The van der Waals surface area contributed by atoms with Crippen LogP contribution in [0.25, 0.3) is 22.1 Å². The molecule has 12 saturated carbocycles. The van der Waals surface area contributed by atoms with E-state index in [0.29, 0.717) is 65.4 Å². The predicted octanol–water partition coefficient (Wildman–Crippen LogP) is 18.2. The van der Waals surface area contributed by atoms with Crippen molar-refractivity contribution in [3.05, 3.63) is 76.9 Å². The number of rotatable bonds is 8. The fraction of sp³-hybridized carbons (Fsp3) is 0.753. The van der Waals surface area contributed by atoms with Crippen LogP contribution in [0.15, 0.2) is 64.8 Å². The van der Waals surface area contributed by atoms with Gasteiger partial charge in [-0.1, -0.05) is 78.3 Å². The summed E-state index contributed by atoms with van der Waals surface area (Å²) in [7, 11) is 0. The number of aryl methyl sites for hydroxylation is 3. The third kappa shape index (κ3) is 13.0. The largest absolute Gasteiger partial charge is 0.390 e. The first-order valence-electron chi connectivity index (χ1n) is 40.1. The Morgan fingerprint density at radius 3 is 1.36 bits per heavy atom. The molecule has 3 N–H and O–H groups in total. The second-order valence-electron chi connectivity index (χ2n) is 37.4. The maximum atomic E-state index is 13.6. The molecule has 1 aliphatic heterocycles. The summed E-state index contributed by atoms with van der Waals surface area (Å²) in [5.74, 6) is 13.4. The summed E-state index contributed by atoms with van der Waals surface area (Å²) in [4.78, 5) is 41.3. The van der Waals surface area contributed by atoms with Gasteiger partial charge in [-0.05, 0) is 355 Å². The number of hydrogen-bond acceptors (Lipinski definition) is 12. The Bertz CT molecular complexity index is 3880. The molecule has 18 rings (SSSR count). The molecule has 13 aliphatic rings. The van der Waals surface area contributed by atoms with Crippen molar-refractivity contribution in [1.29, 1.82) is 0 Å². The van der Waals surface area contributed by atoms with Crippen molar-refractivity contribution in [3.63, 3.8) is 0 Å². The van der Waals surface area contributed by atoms with Crippen LogP contribution in [-0.2, 0) is 34.0 Å². The molecule has 12 aliphatic carbocycles. The van der Waals surface area contributed by atoms with Crippen LogP contribution in [-0.4, -0.2) is 84.8 Å². The molecule has 0 saturated heterocycles. The van der Waals surface area contributed by atoms with Gasteiger partial charge < -0.3 is 15.3 Å². The molecule has 3 aromatic carbocycles. The molecule has 12 fully saturated rings. The Morgan fingerprint density at radius 2 is 0.890 bits per heavy atom. The molecule has 0 unspecified atom stereocenters. The first kappa shape index (κ1) is 71.1. The van der Waals surface area contributed by atoms with E-state index in [0.717, 1.165) is 168 Å². The number of benzene rings is 3. The fourth-order valence-electron chi connectivity index (χ4n) is 27.0. The van der Waals surface area contributed by atoms with Crippen LogP contribution in [0.1, 0.15) is 237 Å². The zero-order valence-electron chi connectivity index (χ0n) is 62.0. The molecule has 14 nitrogen and oxygen atoms in total. The lowest BCUT2D eigenvalue weighted by Gasteiger charge is -2.56. The van der Waals surface area contributed by atoms with Crippen molar-refractivity contribution >= 4 is 61.0 Å². The zero-order chi connectivity index (χ0) is 70.0. The van der Waals surface area contributed by atoms with Crippen molar-refractivity contribution in [2.75, 3.05) is 5.33 Å². The highest BCUT2D eigenvalue weighted by Crippen LogP contribution is 2.68. The number of Topliss-reactive ketones (excluding diaryl/α,β-unsaturated/α-hetero) is 3. The number of fused-ring (bicyclic) bond motifs is 18. The smallest absolute Gasteiger partial charge is 0.159 e. The summed E-state index contributed by atoms with van der Waals surface area (Å²) in [5, 5.41) is 58.1. The lowest BCUT2D eigenvalue weighted by atomic mass is 9.49. The van der Waals surface area contributed by atoms with Crippen LogP contribution < -0.4 is 0 Å². The molecule has 15 heteroatoms. The highest BCUT2D eigenvalue weighted by Gasteiger charge is 2.62. The van der Waals surface area contributed by atoms with Gasteiger partial charge in [-0.3, -0.25) is 14.4 Å². The molecule has 0 radical (unpaired) electrons. The Kier molecular flexibility index (Phi) is 19.5. The van der Waals surface area contributed by atoms with Gasteiger partial charge in [0.2, 0.25) is 0 Å². The Labute approximate surface area is 604 Å². The maximum Gasteiger partial charge on any atom is 0.159 e. The second-order valence-corrected chi connectivity index (χ2v) is 38.0. The van der Waals surface area contributed by atoms with E-state index in [4.69, 9.17) is 0 Å². The Hall–Kier alpha value is -4.57. The van der Waals surface area contributed by atoms with E-state index in [2.05, 4.69) is 80.4 Å². The molecule has 2 aromatic heterocycles. The summed E-state index contributed by atoms with van der Waals surface area (Å²) < 4.78 is 1.83. The third-order valence-corrected chi connectivity index (χ3v) is 32.4. The number of aromatic nitrogens is 6. The zero-order valence-corrected chi connectivity index (χ0v) is 63.6. The SMILES string of the molecule is C[C@@]1(O)CC[C@H]2[C@H](CC[C@@H]3[C@@H]2CC[C@]2(C)[C@@H](C(=O)CBr)CC[C@@H]32)C1.Cc1cccc2c1CN=N2.Cc1cccc2c1nnn2CC(=O)[C@H]1CC[C@H]2[C@@H]3CC[C@@H]4C[C@](C)(O)CC[C@@H]4[C@H]3CC[C@]12C.Cc1cccc2nn(CC(=O)[C@H]3CC[C@H]4[C@@H]5CC[C@@H]6C[C@](C)(O)CC[C@@H]6[C@H]5CC[C@]34C)nc12. The van der Waals surface area contributed by atoms with Crippen LogP contribution in [0, 0.1) is 144 Å². The van der Waals surface area contributed by atoms with E-state index in [1.165, 1.54) is 127 Å². The number of ketones is 3. The average Bonchev–Trinajstić information content (AvgIpc) is 1.51. The fourth-order valence-corrected chi connectivity index (χ4v) is 27.4. The minimum Gasteiger partial charge on any atom is -0.390 e. The Balaban J connectivity index is 0.000000115. The number of carbonyl (C=O) groups excluding carboxylic acids is 3. The number of alkyl halides is 1. The predicted molar refractivity (Wildman–Crippen MR) is 396 cm³/mol. The van der Waals surface area contributed by atoms with Crippen LogP contribution >= 0.6 is 15.9 Å². The van der Waals surface area contributed by atoms with Gasteiger partial charge >= 0.3 is 0 Å². The number of carbonyl (C=O) groups is 3. The number of halogens is 1. The first-order chi connectivity index (χ1) is 47.7. The number of azo groups is 1. The normalized spacial score (nSPS) is 42.4. The summed E-state index contributed by atoms with van der Waals surface area (Å²) >= 11 is 3.42. The highest BCUT2D eigenvalue weighted by atomic mass is 79.9. The van der Waals surface area contributed by atoms with E-state index < -0.39 is 16.8 Å². The summed E-state index contributed by atoms with van der Waals surface area (Å²) in [6.07, 6.45) is 31.7. The molecule has 100 heavy (non-hydrogen) atoms. The van der Waals surface area contributed by atoms with Crippen molar-refractivity contribution in [1.82, 2.24) is 30.0 Å². The van der Waals surface area contributed by atoms with Gasteiger partial charge in [0.05, 0.1) is 39.9 Å². The highest BCUT2D eigenvalue weighted by molar-refractivity contribution is 9.09. The first-order valence-corrected chi connectivity index (χ1v) is 41.2. The number of aliphatic hydroxyl groups is 3. The van der Waals surface area contributed by atoms with Crippen LogP contribution in [0.4, 0.5) is 5.69 Å². The van der Waals surface area contributed by atoms with E-state index in [1.54, 1.807) is 4.80 Å². The molecule has 3 heterocycles. The van der Waals surface area contributed by atoms with E-state index in [1.807, 2.05) is 87.8 Å². The molecular weight excluding hydrogens is 1310 g/mol. The van der Waals surface area contributed by atoms with Gasteiger partial charge in [0, 0.05) is 23.3 Å². The number of hydrogen-bond donors (Lipinski definition) is 3. The van der Waals surface area contributed by atoms with Gasteiger partial charge in [-0.15, -0.1) is 5.10 Å². The quantitative estimate of drug-likeness (QED) is 0.126. The Morgan fingerprint density at radius 1 is 0.460 bits per heavy atom. The van der Waals surface area contributed by atoms with Gasteiger partial charge in [-0.25, -0.2) is 4.68 Å². The van der Waals surface area contributed by atoms with Crippen molar-refractivity contribution < 1.29 is 29.7 Å². The summed E-state index contributed by atoms with van der Waals surface area (Å²) in [6.45, 7) is 21.0. The van der Waals surface area contributed by atoms with Gasteiger partial charge in [0.15, 0.2) is 11.6 Å². The monoisotopic (exact) mass is 1430 g/mol. The minimum absolute atomic E-state index is 0.133. The molecule has 0 amide bonds. The minimum atomic E-state index is -0.452.